The van der Waals surface area contributed by atoms with E-state index in [-0.39, 0.29) is 16.1 Å². The van der Waals surface area contributed by atoms with E-state index in [9.17, 15) is 26.4 Å². The molecule has 0 atom stereocenters. The molecule has 0 bridgehead atoms. The molecule has 2 N–H and O–H groups in total. The number of carbonyl (C=O) groups excluding carboxylic acids is 1. The molecule has 0 unspecified atom stereocenters. The molecule has 0 aliphatic carbocycles. The largest absolute Gasteiger partial charge is 0.573 e. The molecule has 0 aliphatic heterocycles. The SMILES string of the molecule is Cc1ccc(C)c(NS(=O)(=O)c2cc(C(=O)Nc3ccc(OC(F)(F)F)cc3)ccc2C)c1. The Hall–Kier alpha value is -3.53. The maximum Gasteiger partial charge on any atom is 0.573 e. The zero-order chi connectivity index (χ0) is 24.4. The summed E-state index contributed by atoms with van der Waals surface area (Å²) in [5.74, 6) is -1.05. The van der Waals surface area contributed by atoms with Crippen LogP contribution in [-0.4, -0.2) is 20.7 Å². The molecule has 0 saturated heterocycles. The van der Waals surface area contributed by atoms with E-state index in [4.69, 9.17) is 0 Å². The number of hydrogen-bond acceptors (Lipinski definition) is 4. The number of carbonyl (C=O) groups is 1. The molecule has 10 heteroatoms. The van der Waals surface area contributed by atoms with E-state index in [0.717, 1.165) is 23.3 Å². The fraction of sp³-hybridized carbons (Fsp3) is 0.174. The third-order valence-corrected chi connectivity index (χ3v) is 6.23. The second kappa shape index (κ2) is 9.14. The van der Waals surface area contributed by atoms with Crippen molar-refractivity contribution in [2.45, 2.75) is 32.0 Å². The molecule has 3 aromatic rings. The summed E-state index contributed by atoms with van der Waals surface area (Å²) in [4.78, 5) is 12.6. The molecule has 0 aromatic heterocycles. The summed E-state index contributed by atoms with van der Waals surface area (Å²) >= 11 is 0. The topological polar surface area (TPSA) is 84.5 Å². The summed E-state index contributed by atoms with van der Waals surface area (Å²) in [6, 6.07) is 14.2. The molecule has 33 heavy (non-hydrogen) atoms. The molecular weight excluding hydrogens is 457 g/mol. The monoisotopic (exact) mass is 478 g/mol. The first-order valence-corrected chi connectivity index (χ1v) is 11.2. The molecule has 0 heterocycles. The van der Waals surface area contributed by atoms with Crippen LogP contribution in [0.5, 0.6) is 5.75 Å². The first kappa shape index (κ1) is 24.1. The molecule has 0 saturated carbocycles. The summed E-state index contributed by atoms with van der Waals surface area (Å²) in [7, 11) is -3.99. The van der Waals surface area contributed by atoms with Gasteiger partial charge in [-0.25, -0.2) is 8.42 Å². The molecule has 0 spiro atoms. The van der Waals surface area contributed by atoms with Crippen LogP contribution in [0.2, 0.25) is 0 Å². The van der Waals surface area contributed by atoms with E-state index in [1.165, 1.54) is 30.3 Å². The van der Waals surface area contributed by atoms with Gasteiger partial charge in [-0.1, -0.05) is 18.2 Å². The van der Waals surface area contributed by atoms with Gasteiger partial charge in [0.15, 0.2) is 0 Å². The van der Waals surface area contributed by atoms with Crippen LogP contribution >= 0.6 is 0 Å². The van der Waals surface area contributed by atoms with Crippen LogP contribution in [0, 0.1) is 20.8 Å². The van der Waals surface area contributed by atoms with Crippen LogP contribution in [0.3, 0.4) is 0 Å². The summed E-state index contributed by atoms with van der Waals surface area (Å²) < 4.78 is 69.2. The second-order valence-corrected chi connectivity index (χ2v) is 9.08. The van der Waals surface area contributed by atoms with Gasteiger partial charge in [0.25, 0.3) is 15.9 Å². The highest BCUT2D eigenvalue weighted by Crippen LogP contribution is 2.26. The van der Waals surface area contributed by atoms with Crippen molar-refractivity contribution >= 4 is 27.3 Å². The van der Waals surface area contributed by atoms with Gasteiger partial charge in [0, 0.05) is 11.3 Å². The Bertz CT molecular complexity index is 1290. The summed E-state index contributed by atoms with van der Waals surface area (Å²) in [5, 5.41) is 2.52. The average molecular weight is 478 g/mol. The molecule has 0 aliphatic rings. The Morgan fingerprint density at radius 1 is 0.879 bits per heavy atom. The second-order valence-electron chi connectivity index (χ2n) is 7.43. The standard InChI is InChI=1S/C23H21F3N2O4S/c1-14-4-5-15(2)20(12-14)28-33(30,31)21-13-17(7-6-16(21)3)22(29)27-18-8-10-19(11-9-18)32-23(24,25)26/h4-13,28H,1-3H3,(H,27,29). The quantitative estimate of drug-likeness (QED) is 0.486. The number of sulfonamides is 1. The van der Waals surface area contributed by atoms with E-state index in [1.807, 2.05) is 13.0 Å². The summed E-state index contributed by atoms with van der Waals surface area (Å²) in [6.07, 6.45) is -4.82. The average Bonchev–Trinajstić information content (AvgIpc) is 2.71. The maximum atomic E-state index is 13.0. The first-order valence-electron chi connectivity index (χ1n) is 9.72. The molecule has 0 radical (unpaired) electrons. The van der Waals surface area contributed by atoms with Crippen molar-refractivity contribution in [2.75, 3.05) is 10.0 Å². The lowest BCUT2D eigenvalue weighted by Gasteiger charge is -2.14. The van der Waals surface area contributed by atoms with Crippen LogP contribution in [0.15, 0.2) is 65.6 Å². The lowest BCUT2D eigenvalue weighted by Crippen LogP contribution is -2.18. The van der Waals surface area contributed by atoms with E-state index in [0.29, 0.717) is 11.3 Å². The zero-order valence-corrected chi connectivity index (χ0v) is 18.8. The van der Waals surface area contributed by atoms with Gasteiger partial charge in [-0.3, -0.25) is 9.52 Å². The third-order valence-electron chi connectivity index (χ3n) is 4.72. The van der Waals surface area contributed by atoms with Crippen molar-refractivity contribution in [1.82, 2.24) is 0 Å². The minimum atomic E-state index is -4.82. The van der Waals surface area contributed by atoms with Gasteiger partial charge in [0.2, 0.25) is 0 Å². The lowest BCUT2D eigenvalue weighted by molar-refractivity contribution is -0.274. The number of alkyl halides is 3. The van der Waals surface area contributed by atoms with Gasteiger partial charge in [0.1, 0.15) is 5.75 Å². The van der Waals surface area contributed by atoms with Gasteiger partial charge in [-0.2, -0.15) is 0 Å². The molecule has 3 aromatic carbocycles. The minimum absolute atomic E-state index is 0.0648. The molecule has 3 rings (SSSR count). The number of hydrogen-bond donors (Lipinski definition) is 2. The number of nitrogens with one attached hydrogen (secondary N) is 2. The van der Waals surface area contributed by atoms with Crippen molar-refractivity contribution in [2.24, 2.45) is 0 Å². The van der Waals surface area contributed by atoms with Crippen LogP contribution in [0.4, 0.5) is 24.5 Å². The van der Waals surface area contributed by atoms with Crippen molar-refractivity contribution in [3.05, 3.63) is 82.9 Å². The number of benzene rings is 3. The van der Waals surface area contributed by atoms with Gasteiger partial charge in [0.05, 0.1) is 10.6 Å². The predicted octanol–water partition coefficient (Wildman–Crippen LogP) is 5.56. The predicted molar refractivity (Wildman–Crippen MR) is 119 cm³/mol. The Kier molecular flexibility index (Phi) is 6.68. The number of halogens is 3. The normalized spacial score (nSPS) is 11.7. The Balaban J connectivity index is 1.81. The van der Waals surface area contributed by atoms with Crippen LogP contribution in [0.25, 0.3) is 0 Å². The number of rotatable bonds is 6. The van der Waals surface area contributed by atoms with Crippen molar-refractivity contribution in [3.8, 4) is 5.75 Å². The molecule has 6 nitrogen and oxygen atoms in total. The molecule has 0 fully saturated rings. The van der Waals surface area contributed by atoms with Crippen LogP contribution in [0.1, 0.15) is 27.0 Å². The molecular formula is C23H21F3N2O4S. The fourth-order valence-corrected chi connectivity index (χ4v) is 4.41. The first-order chi connectivity index (χ1) is 15.3. The van der Waals surface area contributed by atoms with Crippen molar-refractivity contribution < 1.29 is 31.1 Å². The number of aryl methyl sites for hydroxylation is 3. The number of amides is 1. The van der Waals surface area contributed by atoms with Gasteiger partial charge < -0.3 is 10.1 Å². The number of ether oxygens (including phenoxy) is 1. The maximum absolute atomic E-state index is 13.0. The van der Waals surface area contributed by atoms with Crippen LogP contribution in [-0.2, 0) is 10.0 Å². The highest BCUT2D eigenvalue weighted by Gasteiger charge is 2.31. The summed E-state index contributed by atoms with van der Waals surface area (Å²) in [5.41, 5.74) is 2.79. The molecule has 1 amide bonds. The van der Waals surface area contributed by atoms with Crippen molar-refractivity contribution in [1.29, 1.82) is 0 Å². The van der Waals surface area contributed by atoms with Gasteiger partial charge in [-0.05, 0) is 79.9 Å². The minimum Gasteiger partial charge on any atom is -0.406 e. The fourth-order valence-electron chi connectivity index (χ4n) is 3.02. The molecule has 174 valence electrons. The highest BCUT2D eigenvalue weighted by atomic mass is 32.2. The van der Waals surface area contributed by atoms with Crippen molar-refractivity contribution in [3.63, 3.8) is 0 Å². The zero-order valence-electron chi connectivity index (χ0n) is 17.9. The smallest absolute Gasteiger partial charge is 0.406 e. The number of anilines is 2. The summed E-state index contributed by atoms with van der Waals surface area (Å²) in [6.45, 7) is 5.23. The van der Waals surface area contributed by atoms with E-state index < -0.39 is 28.0 Å². The Morgan fingerprint density at radius 2 is 1.52 bits per heavy atom. The van der Waals surface area contributed by atoms with E-state index in [2.05, 4.69) is 14.8 Å². The van der Waals surface area contributed by atoms with Gasteiger partial charge in [-0.15, -0.1) is 13.2 Å². The van der Waals surface area contributed by atoms with Gasteiger partial charge >= 0.3 is 6.36 Å². The third kappa shape index (κ3) is 6.26. The van der Waals surface area contributed by atoms with Crippen LogP contribution < -0.4 is 14.8 Å². The Labute approximate surface area is 189 Å². The Morgan fingerprint density at radius 3 is 2.15 bits per heavy atom. The van der Waals surface area contributed by atoms with E-state index in [1.54, 1.807) is 26.0 Å². The lowest BCUT2D eigenvalue weighted by atomic mass is 10.1. The highest BCUT2D eigenvalue weighted by molar-refractivity contribution is 7.92. The van der Waals surface area contributed by atoms with E-state index >= 15 is 0 Å².